The fraction of sp³-hybridized carbons (Fsp3) is 0.417. The first-order valence-corrected chi connectivity index (χ1v) is 5.71. The molecule has 0 saturated carbocycles. The first kappa shape index (κ1) is 13.3. The maximum atomic E-state index is 11.4. The number of hydrazine groups is 1. The molecule has 2 amide bonds. The highest BCUT2D eigenvalue weighted by Gasteiger charge is 2.05. The molecule has 1 aromatic rings. The molecule has 5 heteroatoms. The number of aliphatic hydroxyl groups excluding tert-OH is 1. The number of aliphatic hydroxyl groups is 1. The summed E-state index contributed by atoms with van der Waals surface area (Å²) in [4.78, 5) is 11.4. The lowest BCUT2D eigenvalue weighted by atomic mass is 10.2. The lowest BCUT2D eigenvalue weighted by molar-refractivity contribution is 0.236. The zero-order valence-corrected chi connectivity index (χ0v) is 9.94. The van der Waals surface area contributed by atoms with Crippen molar-refractivity contribution in [3.8, 4) is 0 Å². The van der Waals surface area contributed by atoms with Crippen LogP contribution >= 0.6 is 0 Å². The number of hydrogen-bond donors (Lipinski definition) is 4. The van der Waals surface area contributed by atoms with Crippen LogP contribution in [0.5, 0.6) is 0 Å². The molecule has 17 heavy (non-hydrogen) atoms. The summed E-state index contributed by atoms with van der Waals surface area (Å²) in [5, 5.41) is 11.4. The molecule has 0 bridgehead atoms. The lowest BCUT2D eigenvalue weighted by Gasteiger charge is -2.14. The van der Waals surface area contributed by atoms with Crippen LogP contribution in [-0.4, -0.2) is 23.8 Å². The van der Waals surface area contributed by atoms with Crippen LogP contribution in [0.1, 0.15) is 19.8 Å². The van der Waals surface area contributed by atoms with Crippen molar-refractivity contribution in [1.82, 2.24) is 10.7 Å². The maximum Gasteiger partial charge on any atom is 0.333 e. The highest BCUT2D eigenvalue weighted by atomic mass is 16.3. The van der Waals surface area contributed by atoms with Gasteiger partial charge in [0.05, 0.1) is 5.69 Å². The molecule has 5 nitrogen and oxygen atoms in total. The quantitative estimate of drug-likeness (QED) is 0.566. The number of para-hydroxylation sites is 1. The number of rotatable bonds is 6. The van der Waals surface area contributed by atoms with Crippen LogP contribution in [-0.2, 0) is 0 Å². The van der Waals surface area contributed by atoms with E-state index in [4.69, 9.17) is 5.11 Å². The molecule has 0 aromatic heterocycles. The second kappa shape index (κ2) is 7.51. The van der Waals surface area contributed by atoms with Crippen molar-refractivity contribution in [1.29, 1.82) is 0 Å². The van der Waals surface area contributed by atoms with Gasteiger partial charge in [0.1, 0.15) is 0 Å². The van der Waals surface area contributed by atoms with Gasteiger partial charge in [-0.2, -0.15) is 0 Å². The largest absolute Gasteiger partial charge is 0.396 e. The van der Waals surface area contributed by atoms with Gasteiger partial charge >= 0.3 is 6.03 Å². The molecule has 1 rings (SSSR count). The van der Waals surface area contributed by atoms with Crippen molar-refractivity contribution in [2.75, 3.05) is 12.0 Å². The Bertz CT molecular complexity index is 330. The van der Waals surface area contributed by atoms with Gasteiger partial charge in [0.15, 0.2) is 0 Å². The third-order valence-corrected chi connectivity index (χ3v) is 2.27. The molecule has 0 spiro atoms. The number of hydrogen-bond acceptors (Lipinski definition) is 3. The number of benzene rings is 1. The van der Waals surface area contributed by atoms with Crippen LogP contribution in [0.3, 0.4) is 0 Å². The summed E-state index contributed by atoms with van der Waals surface area (Å²) in [5.74, 6) is 0. The molecule has 0 aliphatic rings. The van der Waals surface area contributed by atoms with E-state index in [1.165, 1.54) is 0 Å². The minimum Gasteiger partial charge on any atom is -0.396 e. The van der Waals surface area contributed by atoms with Crippen LogP contribution in [0.4, 0.5) is 10.5 Å². The first-order valence-electron chi connectivity index (χ1n) is 5.71. The molecular formula is C12H19N3O2. The molecule has 0 fully saturated rings. The molecule has 1 unspecified atom stereocenters. The second-order valence-corrected chi connectivity index (χ2v) is 3.86. The summed E-state index contributed by atoms with van der Waals surface area (Å²) in [6.07, 6.45) is 1.45. The summed E-state index contributed by atoms with van der Waals surface area (Å²) < 4.78 is 0. The summed E-state index contributed by atoms with van der Waals surface area (Å²) in [5.41, 5.74) is 6.16. The van der Waals surface area contributed by atoms with Gasteiger partial charge in [-0.1, -0.05) is 18.2 Å². The van der Waals surface area contributed by atoms with E-state index in [9.17, 15) is 4.79 Å². The van der Waals surface area contributed by atoms with Gasteiger partial charge in [-0.25, -0.2) is 4.79 Å². The van der Waals surface area contributed by atoms with Gasteiger partial charge in [-0.05, 0) is 31.9 Å². The SMILES string of the molecule is CC(CCCO)NC(=O)NNc1ccccc1. The Kier molecular flexibility index (Phi) is 5.88. The van der Waals surface area contributed by atoms with Crippen LogP contribution in [0.25, 0.3) is 0 Å². The van der Waals surface area contributed by atoms with E-state index < -0.39 is 0 Å². The first-order chi connectivity index (χ1) is 8.22. The van der Waals surface area contributed by atoms with Crippen molar-refractivity contribution in [2.45, 2.75) is 25.8 Å². The number of carbonyl (C=O) groups excluding carboxylic acids is 1. The van der Waals surface area contributed by atoms with Crippen LogP contribution in [0.15, 0.2) is 30.3 Å². The smallest absolute Gasteiger partial charge is 0.333 e. The van der Waals surface area contributed by atoms with Gasteiger partial charge in [0.25, 0.3) is 0 Å². The average molecular weight is 237 g/mol. The van der Waals surface area contributed by atoms with Gasteiger partial charge in [0.2, 0.25) is 0 Å². The van der Waals surface area contributed by atoms with Gasteiger partial charge < -0.3 is 10.4 Å². The van der Waals surface area contributed by atoms with Crippen LogP contribution in [0, 0.1) is 0 Å². The zero-order chi connectivity index (χ0) is 12.5. The van der Waals surface area contributed by atoms with Crippen molar-refractivity contribution in [3.63, 3.8) is 0 Å². The van der Waals surface area contributed by atoms with E-state index in [-0.39, 0.29) is 18.7 Å². The van der Waals surface area contributed by atoms with E-state index in [1.54, 1.807) is 0 Å². The monoisotopic (exact) mass is 237 g/mol. The summed E-state index contributed by atoms with van der Waals surface area (Å²) in [7, 11) is 0. The Balaban J connectivity index is 2.21. The average Bonchev–Trinajstić information content (AvgIpc) is 2.35. The molecule has 0 heterocycles. The topological polar surface area (TPSA) is 73.4 Å². The molecule has 1 aromatic carbocycles. The molecule has 0 aliphatic heterocycles. The Morgan fingerprint density at radius 2 is 2.06 bits per heavy atom. The van der Waals surface area contributed by atoms with Gasteiger partial charge in [-0.15, -0.1) is 0 Å². The number of anilines is 1. The predicted octanol–water partition coefficient (Wildman–Crippen LogP) is 1.47. The molecule has 4 N–H and O–H groups in total. The second-order valence-electron chi connectivity index (χ2n) is 3.86. The van der Waals surface area contributed by atoms with E-state index in [0.717, 1.165) is 12.1 Å². The minimum atomic E-state index is -0.278. The number of nitrogens with one attached hydrogen (secondary N) is 3. The van der Waals surface area contributed by atoms with E-state index in [1.807, 2.05) is 37.3 Å². The van der Waals surface area contributed by atoms with Crippen molar-refractivity contribution in [3.05, 3.63) is 30.3 Å². The molecular weight excluding hydrogens is 218 g/mol. The zero-order valence-electron chi connectivity index (χ0n) is 9.94. The molecule has 0 aliphatic carbocycles. The Morgan fingerprint density at radius 1 is 1.35 bits per heavy atom. The third-order valence-electron chi connectivity index (χ3n) is 2.27. The highest BCUT2D eigenvalue weighted by Crippen LogP contribution is 2.02. The third kappa shape index (κ3) is 5.77. The van der Waals surface area contributed by atoms with Crippen LogP contribution in [0.2, 0.25) is 0 Å². The minimum absolute atomic E-state index is 0.0414. The maximum absolute atomic E-state index is 11.4. The predicted molar refractivity (Wildman–Crippen MR) is 67.5 cm³/mol. The summed E-state index contributed by atoms with van der Waals surface area (Å²) >= 11 is 0. The lowest BCUT2D eigenvalue weighted by Crippen LogP contribution is -2.43. The number of urea groups is 1. The summed E-state index contributed by atoms with van der Waals surface area (Å²) in [6, 6.07) is 9.14. The molecule has 0 radical (unpaired) electrons. The van der Waals surface area contributed by atoms with E-state index in [0.29, 0.717) is 6.42 Å². The standard InChI is InChI=1S/C12H19N3O2/c1-10(6-5-9-16)13-12(17)15-14-11-7-3-2-4-8-11/h2-4,7-8,10,14,16H,5-6,9H2,1H3,(H2,13,15,17). The van der Waals surface area contributed by atoms with Gasteiger partial charge in [0, 0.05) is 12.6 Å². The Labute approximate surface area is 101 Å². The Morgan fingerprint density at radius 3 is 2.71 bits per heavy atom. The molecule has 1 atom stereocenters. The van der Waals surface area contributed by atoms with Crippen LogP contribution < -0.4 is 16.2 Å². The van der Waals surface area contributed by atoms with Gasteiger partial charge in [-0.3, -0.25) is 10.9 Å². The highest BCUT2D eigenvalue weighted by molar-refractivity contribution is 5.75. The van der Waals surface area contributed by atoms with Crippen molar-refractivity contribution >= 4 is 11.7 Å². The van der Waals surface area contributed by atoms with Crippen molar-refractivity contribution < 1.29 is 9.90 Å². The van der Waals surface area contributed by atoms with Crippen molar-refractivity contribution in [2.24, 2.45) is 0 Å². The molecule has 94 valence electrons. The number of amides is 2. The normalized spacial score (nSPS) is 11.6. The molecule has 0 saturated heterocycles. The van der Waals surface area contributed by atoms with E-state index >= 15 is 0 Å². The summed E-state index contributed by atoms with van der Waals surface area (Å²) in [6.45, 7) is 2.05. The van der Waals surface area contributed by atoms with E-state index in [2.05, 4.69) is 16.2 Å². The fourth-order valence-corrected chi connectivity index (χ4v) is 1.38. The Hall–Kier alpha value is -1.75. The number of carbonyl (C=O) groups is 1. The fourth-order valence-electron chi connectivity index (χ4n) is 1.38.